The summed E-state index contributed by atoms with van der Waals surface area (Å²) in [6.07, 6.45) is 9.56. The van der Waals surface area contributed by atoms with Crippen LogP contribution in [0.5, 0.6) is 0 Å². The van der Waals surface area contributed by atoms with Gasteiger partial charge in [0, 0.05) is 12.1 Å². The van der Waals surface area contributed by atoms with Gasteiger partial charge in [-0.2, -0.15) is 0 Å². The second-order valence-electron chi connectivity index (χ2n) is 5.84. The Labute approximate surface area is 94.0 Å². The molecule has 0 saturated heterocycles. The van der Waals surface area contributed by atoms with Crippen LogP contribution in [0, 0.1) is 11.8 Å². The minimum Gasteiger partial charge on any atom is -0.329 e. The van der Waals surface area contributed by atoms with Crippen molar-refractivity contribution in [1.29, 1.82) is 0 Å². The Morgan fingerprint density at radius 1 is 1.20 bits per heavy atom. The Morgan fingerprint density at radius 2 is 2.00 bits per heavy atom. The zero-order chi connectivity index (χ0) is 10.7. The van der Waals surface area contributed by atoms with Crippen molar-refractivity contribution in [2.75, 3.05) is 13.1 Å². The number of hydrogen-bond donors (Lipinski definition) is 2. The molecule has 0 aliphatic heterocycles. The Hall–Kier alpha value is -0.0800. The van der Waals surface area contributed by atoms with E-state index in [4.69, 9.17) is 5.73 Å². The number of nitrogens with one attached hydrogen (secondary N) is 1. The molecular formula is C13H26N2. The number of nitrogens with two attached hydrogens (primary N) is 1. The Morgan fingerprint density at radius 3 is 2.67 bits per heavy atom. The third-order valence-electron chi connectivity index (χ3n) is 4.32. The molecule has 15 heavy (non-hydrogen) atoms. The van der Waals surface area contributed by atoms with Gasteiger partial charge in [0.05, 0.1) is 0 Å². The average Bonchev–Trinajstić information content (AvgIpc) is 3.04. The molecule has 0 aromatic heterocycles. The summed E-state index contributed by atoms with van der Waals surface area (Å²) in [5.41, 5.74) is 6.28. The summed E-state index contributed by atoms with van der Waals surface area (Å²) in [6, 6.07) is 0. The molecule has 0 radical (unpaired) electrons. The number of rotatable bonds is 4. The second-order valence-corrected chi connectivity index (χ2v) is 5.84. The molecule has 2 unspecified atom stereocenters. The van der Waals surface area contributed by atoms with Crippen molar-refractivity contribution >= 4 is 0 Å². The molecule has 0 spiro atoms. The maximum atomic E-state index is 6.00. The first-order chi connectivity index (χ1) is 7.24. The highest BCUT2D eigenvalue weighted by Crippen LogP contribution is 2.32. The highest BCUT2D eigenvalue weighted by atomic mass is 15.0. The van der Waals surface area contributed by atoms with Crippen LogP contribution in [-0.2, 0) is 0 Å². The summed E-state index contributed by atoms with van der Waals surface area (Å²) in [5.74, 6) is 1.87. The molecule has 2 fully saturated rings. The standard InChI is InChI=1S/C13H26N2/c1-11-3-2-7-13(10-14,8-6-11)15-9-12-4-5-12/h11-12,15H,2-10,14H2,1H3. The van der Waals surface area contributed by atoms with E-state index in [1.807, 2.05) is 0 Å². The van der Waals surface area contributed by atoms with Gasteiger partial charge in [-0.25, -0.2) is 0 Å². The molecule has 0 amide bonds. The summed E-state index contributed by atoms with van der Waals surface area (Å²) >= 11 is 0. The van der Waals surface area contributed by atoms with Gasteiger partial charge in [-0.05, 0) is 50.5 Å². The average molecular weight is 210 g/mol. The van der Waals surface area contributed by atoms with Crippen LogP contribution in [0.15, 0.2) is 0 Å². The Bertz CT molecular complexity index is 201. The van der Waals surface area contributed by atoms with Crippen LogP contribution >= 0.6 is 0 Å². The first-order valence-electron chi connectivity index (χ1n) is 6.69. The minimum absolute atomic E-state index is 0.285. The summed E-state index contributed by atoms with van der Waals surface area (Å²) < 4.78 is 0. The summed E-state index contributed by atoms with van der Waals surface area (Å²) in [4.78, 5) is 0. The van der Waals surface area contributed by atoms with Crippen molar-refractivity contribution in [3.63, 3.8) is 0 Å². The smallest absolute Gasteiger partial charge is 0.0304 e. The molecule has 2 aliphatic rings. The summed E-state index contributed by atoms with van der Waals surface area (Å²) in [5, 5.41) is 3.78. The van der Waals surface area contributed by atoms with E-state index in [9.17, 15) is 0 Å². The molecular weight excluding hydrogens is 184 g/mol. The number of hydrogen-bond acceptors (Lipinski definition) is 2. The van der Waals surface area contributed by atoms with Gasteiger partial charge in [0.25, 0.3) is 0 Å². The van der Waals surface area contributed by atoms with E-state index in [0.717, 1.165) is 18.4 Å². The topological polar surface area (TPSA) is 38.0 Å². The van der Waals surface area contributed by atoms with Gasteiger partial charge in [-0.1, -0.05) is 19.8 Å². The lowest BCUT2D eigenvalue weighted by molar-refractivity contribution is 0.286. The largest absolute Gasteiger partial charge is 0.329 e. The van der Waals surface area contributed by atoms with E-state index in [-0.39, 0.29) is 5.54 Å². The van der Waals surface area contributed by atoms with E-state index >= 15 is 0 Å². The van der Waals surface area contributed by atoms with Gasteiger partial charge in [0.1, 0.15) is 0 Å². The van der Waals surface area contributed by atoms with Crippen LogP contribution in [0.4, 0.5) is 0 Å². The fourth-order valence-corrected chi connectivity index (χ4v) is 2.72. The fraction of sp³-hybridized carbons (Fsp3) is 1.00. The molecule has 2 heteroatoms. The van der Waals surface area contributed by atoms with Gasteiger partial charge < -0.3 is 11.1 Å². The molecule has 2 aliphatic carbocycles. The van der Waals surface area contributed by atoms with Crippen molar-refractivity contribution in [2.24, 2.45) is 17.6 Å². The lowest BCUT2D eigenvalue weighted by Gasteiger charge is -2.33. The molecule has 0 heterocycles. The van der Waals surface area contributed by atoms with Crippen LogP contribution in [0.25, 0.3) is 0 Å². The Balaban J connectivity index is 1.86. The van der Waals surface area contributed by atoms with Crippen molar-refractivity contribution in [1.82, 2.24) is 5.32 Å². The van der Waals surface area contributed by atoms with E-state index in [1.165, 1.54) is 51.5 Å². The van der Waals surface area contributed by atoms with Gasteiger partial charge in [-0.3, -0.25) is 0 Å². The van der Waals surface area contributed by atoms with Gasteiger partial charge in [-0.15, -0.1) is 0 Å². The fourth-order valence-electron chi connectivity index (χ4n) is 2.72. The van der Waals surface area contributed by atoms with Crippen LogP contribution in [0.2, 0.25) is 0 Å². The van der Waals surface area contributed by atoms with Crippen molar-refractivity contribution in [3.05, 3.63) is 0 Å². The Kier molecular flexibility index (Phi) is 3.68. The molecule has 0 bridgehead atoms. The maximum absolute atomic E-state index is 6.00. The lowest BCUT2D eigenvalue weighted by atomic mass is 9.89. The van der Waals surface area contributed by atoms with Gasteiger partial charge in [0.15, 0.2) is 0 Å². The first kappa shape index (κ1) is 11.4. The molecule has 3 N–H and O–H groups in total. The SMILES string of the molecule is CC1CCCC(CN)(NCC2CC2)CC1. The van der Waals surface area contributed by atoms with E-state index in [1.54, 1.807) is 0 Å². The summed E-state index contributed by atoms with van der Waals surface area (Å²) in [7, 11) is 0. The third-order valence-corrected chi connectivity index (χ3v) is 4.32. The first-order valence-corrected chi connectivity index (χ1v) is 6.69. The third kappa shape index (κ3) is 3.18. The normalized spacial score (nSPS) is 37.6. The predicted octanol–water partition coefficient (Wildman–Crippen LogP) is 2.28. The van der Waals surface area contributed by atoms with E-state index < -0.39 is 0 Å². The zero-order valence-electron chi connectivity index (χ0n) is 10.1. The van der Waals surface area contributed by atoms with Crippen LogP contribution < -0.4 is 11.1 Å². The molecule has 2 saturated carbocycles. The van der Waals surface area contributed by atoms with Crippen LogP contribution in [-0.4, -0.2) is 18.6 Å². The van der Waals surface area contributed by atoms with E-state index in [2.05, 4.69) is 12.2 Å². The van der Waals surface area contributed by atoms with Gasteiger partial charge >= 0.3 is 0 Å². The highest BCUT2D eigenvalue weighted by Gasteiger charge is 2.32. The molecule has 88 valence electrons. The second kappa shape index (κ2) is 4.84. The maximum Gasteiger partial charge on any atom is 0.0304 e. The quantitative estimate of drug-likeness (QED) is 0.699. The zero-order valence-corrected chi connectivity index (χ0v) is 10.1. The van der Waals surface area contributed by atoms with Crippen molar-refractivity contribution < 1.29 is 0 Å². The van der Waals surface area contributed by atoms with Gasteiger partial charge in [0.2, 0.25) is 0 Å². The lowest BCUT2D eigenvalue weighted by Crippen LogP contribution is -2.51. The molecule has 0 aromatic rings. The van der Waals surface area contributed by atoms with Crippen molar-refractivity contribution in [2.45, 2.75) is 57.4 Å². The molecule has 2 atom stereocenters. The highest BCUT2D eigenvalue weighted by molar-refractivity contribution is 4.93. The monoisotopic (exact) mass is 210 g/mol. The molecule has 0 aromatic carbocycles. The van der Waals surface area contributed by atoms with Crippen molar-refractivity contribution in [3.8, 4) is 0 Å². The predicted molar refractivity (Wildman–Crippen MR) is 64.8 cm³/mol. The minimum atomic E-state index is 0.285. The van der Waals surface area contributed by atoms with Crippen LogP contribution in [0.1, 0.15) is 51.9 Å². The van der Waals surface area contributed by atoms with E-state index in [0.29, 0.717) is 0 Å². The van der Waals surface area contributed by atoms with Crippen LogP contribution in [0.3, 0.4) is 0 Å². The molecule has 2 rings (SSSR count). The molecule has 2 nitrogen and oxygen atoms in total. The summed E-state index contributed by atoms with van der Waals surface area (Å²) in [6.45, 7) is 4.42.